The summed E-state index contributed by atoms with van der Waals surface area (Å²) in [6.07, 6.45) is 6.21. The van der Waals surface area contributed by atoms with E-state index >= 15 is 0 Å². The molecular weight excluding hydrogens is 384 g/mol. The van der Waals surface area contributed by atoms with Gasteiger partial charge in [-0.3, -0.25) is 0 Å². The first-order chi connectivity index (χ1) is 13.5. The fourth-order valence-corrected chi connectivity index (χ4v) is 0.577. The molecule has 3 nitrogen and oxygen atoms in total. The fraction of sp³-hybridized carbons (Fsp3) is 0.857. The standard InChI is InChI=1S/2C5H12O.C5H12.C4H8.C4H10.C3H6O.2CH4/c2*1-3-5-6-4-2;1-4-5(2)3;1-4(2)3;1-3-4-2;1-3(2)4;;/h2*3-5H2,1-2H3;5H,4H2,1-3H3;1H2,2-3H3;3-4H2,1-2H3;4H,1H2,2H3;2*1H4. The van der Waals surface area contributed by atoms with E-state index in [0.717, 1.165) is 45.2 Å². The normalized spacial score (nSPS) is 7.65. The van der Waals surface area contributed by atoms with Crippen LogP contribution in [-0.4, -0.2) is 31.5 Å². The molecule has 0 saturated heterocycles. The summed E-state index contributed by atoms with van der Waals surface area (Å²) in [7, 11) is 0. The summed E-state index contributed by atoms with van der Waals surface area (Å²) in [6, 6.07) is 0. The van der Waals surface area contributed by atoms with Gasteiger partial charge in [0.25, 0.3) is 0 Å². The monoisotopic (exact) mass is 453 g/mol. The summed E-state index contributed by atoms with van der Waals surface area (Å²) in [5.74, 6) is 1.05. The van der Waals surface area contributed by atoms with Crippen LogP contribution in [0, 0.1) is 5.92 Å². The van der Waals surface area contributed by atoms with Gasteiger partial charge in [0.05, 0.1) is 5.76 Å². The van der Waals surface area contributed by atoms with Crippen molar-refractivity contribution in [1.82, 2.24) is 0 Å². The Morgan fingerprint density at radius 3 is 0.903 bits per heavy atom. The maximum absolute atomic E-state index is 7.86. The maximum atomic E-state index is 7.86. The van der Waals surface area contributed by atoms with Crippen molar-refractivity contribution in [3.8, 4) is 0 Å². The van der Waals surface area contributed by atoms with Crippen molar-refractivity contribution < 1.29 is 14.6 Å². The second-order valence-electron chi connectivity index (χ2n) is 7.14. The lowest BCUT2D eigenvalue weighted by molar-refractivity contribution is 0.148. The van der Waals surface area contributed by atoms with E-state index in [4.69, 9.17) is 14.6 Å². The van der Waals surface area contributed by atoms with Crippen molar-refractivity contribution in [2.45, 2.75) is 130 Å². The summed E-state index contributed by atoms with van der Waals surface area (Å²) in [4.78, 5) is 0. The summed E-state index contributed by atoms with van der Waals surface area (Å²) >= 11 is 0. The molecule has 0 spiro atoms. The lowest BCUT2D eigenvalue weighted by atomic mass is 10.2. The van der Waals surface area contributed by atoms with Crippen LogP contribution in [0.2, 0.25) is 0 Å². The molecule has 0 aromatic heterocycles. The topological polar surface area (TPSA) is 38.7 Å². The number of rotatable bonds is 8. The molecule has 0 radical (unpaired) electrons. The molecule has 0 aromatic rings. The Morgan fingerprint density at radius 1 is 0.677 bits per heavy atom. The summed E-state index contributed by atoms with van der Waals surface area (Å²) in [5, 5.41) is 7.86. The Morgan fingerprint density at radius 2 is 0.871 bits per heavy atom. The Kier molecular flexibility index (Phi) is 106. The zero-order chi connectivity index (χ0) is 24.5. The third kappa shape index (κ3) is 321. The molecule has 0 bridgehead atoms. The SMILES string of the molecule is C.C.C=C(C)C.C=C(C)O.CCC(C)C.CCCC.CCCOCC.CCCOCC. The lowest BCUT2D eigenvalue weighted by Gasteiger charge is -1.91. The molecule has 0 unspecified atom stereocenters. The van der Waals surface area contributed by atoms with Crippen LogP contribution in [0.5, 0.6) is 0 Å². The van der Waals surface area contributed by atoms with Crippen molar-refractivity contribution in [2.75, 3.05) is 26.4 Å². The zero-order valence-corrected chi connectivity index (χ0v) is 22.6. The van der Waals surface area contributed by atoms with Gasteiger partial charge in [0.2, 0.25) is 0 Å². The van der Waals surface area contributed by atoms with Crippen LogP contribution >= 0.6 is 0 Å². The second kappa shape index (κ2) is 63.0. The number of unbranched alkanes of at least 4 members (excludes halogenated alkanes) is 1. The molecule has 0 aromatic carbocycles. The molecule has 1 N–H and O–H groups in total. The van der Waals surface area contributed by atoms with E-state index in [1.54, 1.807) is 0 Å². The van der Waals surface area contributed by atoms with Crippen molar-refractivity contribution in [3.05, 3.63) is 24.5 Å². The molecule has 0 aliphatic rings. The van der Waals surface area contributed by atoms with Crippen molar-refractivity contribution in [1.29, 1.82) is 0 Å². The van der Waals surface area contributed by atoms with Crippen molar-refractivity contribution in [3.63, 3.8) is 0 Å². The van der Waals surface area contributed by atoms with E-state index in [-0.39, 0.29) is 20.6 Å². The highest BCUT2D eigenvalue weighted by atomic mass is 16.5. The van der Waals surface area contributed by atoms with Crippen LogP contribution in [0.25, 0.3) is 0 Å². The predicted octanol–water partition coefficient (Wildman–Crippen LogP) is 10.7. The Balaban J connectivity index is -0.0000000340. The number of aliphatic hydroxyl groups excluding tert-OH is 1. The lowest BCUT2D eigenvalue weighted by Crippen LogP contribution is -1.88. The van der Waals surface area contributed by atoms with Gasteiger partial charge in [-0.1, -0.05) is 94.7 Å². The number of aliphatic hydroxyl groups is 1. The molecule has 0 rings (SSSR count). The third-order valence-corrected chi connectivity index (χ3v) is 2.42. The van der Waals surface area contributed by atoms with E-state index < -0.39 is 0 Å². The minimum Gasteiger partial charge on any atom is -0.513 e. The molecule has 31 heavy (non-hydrogen) atoms. The first-order valence-electron chi connectivity index (χ1n) is 11.6. The number of hydrogen-bond donors (Lipinski definition) is 1. The zero-order valence-electron chi connectivity index (χ0n) is 22.6. The summed E-state index contributed by atoms with van der Waals surface area (Å²) in [5.41, 5.74) is 1.17. The average molecular weight is 453 g/mol. The van der Waals surface area contributed by atoms with Gasteiger partial charge in [-0.25, -0.2) is 0 Å². The summed E-state index contributed by atoms with van der Waals surface area (Å²) < 4.78 is 9.97. The van der Waals surface area contributed by atoms with E-state index in [2.05, 4.69) is 61.6 Å². The highest BCUT2D eigenvalue weighted by Gasteiger charge is 1.80. The van der Waals surface area contributed by atoms with E-state index in [9.17, 15) is 0 Å². The number of hydrogen-bond acceptors (Lipinski definition) is 3. The Labute approximate surface area is 201 Å². The molecule has 0 heterocycles. The Hall–Kier alpha value is -0.800. The van der Waals surface area contributed by atoms with Gasteiger partial charge in [-0.15, -0.1) is 6.58 Å². The van der Waals surface area contributed by atoms with Crippen LogP contribution < -0.4 is 0 Å². The van der Waals surface area contributed by atoms with Crippen LogP contribution in [0.15, 0.2) is 24.5 Å². The smallest absolute Gasteiger partial charge is 0.0820 e. The summed E-state index contributed by atoms with van der Waals surface area (Å²) in [6.45, 7) is 34.9. The van der Waals surface area contributed by atoms with Crippen LogP contribution in [-0.2, 0) is 9.47 Å². The average Bonchev–Trinajstić information content (AvgIpc) is 2.65. The molecule has 0 amide bonds. The minimum absolute atomic E-state index is 0. The number of ether oxygens (including phenoxy) is 2. The fourth-order valence-electron chi connectivity index (χ4n) is 0.577. The van der Waals surface area contributed by atoms with E-state index in [1.165, 1.54) is 31.8 Å². The molecule has 0 aliphatic carbocycles. The van der Waals surface area contributed by atoms with Gasteiger partial charge in [0.1, 0.15) is 0 Å². The van der Waals surface area contributed by atoms with Crippen LogP contribution in [0.1, 0.15) is 130 Å². The Bertz CT molecular complexity index is 211. The second-order valence-corrected chi connectivity index (χ2v) is 7.14. The van der Waals surface area contributed by atoms with Crippen molar-refractivity contribution in [2.24, 2.45) is 5.92 Å². The van der Waals surface area contributed by atoms with E-state index in [0.29, 0.717) is 0 Å². The molecular formula is C28H68O3. The number of allylic oxidation sites excluding steroid dienone is 2. The van der Waals surface area contributed by atoms with Crippen LogP contribution in [0.4, 0.5) is 0 Å². The quantitative estimate of drug-likeness (QED) is 0.226. The first kappa shape index (κ1) is 52.2. The maximum Gasteiger partial charge on any atom is 0.0820 e. The molecule has 0 saturated carbocycles. The molecule has 198 valence electrons. The molecule has 3 heteroatoms. The van der Waals surface area contributed by atoms with E-state index in [1.807, 2.05) is 27.7 Å². The highest BCUT2D eigenvalue weighted by molar-refractivity contribution is 4.78. The first-order valence-corrected chi connectivity index (χ1v) is 11.6. The van der Waals surface area contributed by atoms with Gasteiger partial charge in [0.15, 0.2) is 0 Å². The highest BCUT2D eigenvalue weighted by Crippen LogP contribution is 1.93. The van der Waals surface area contributed by atoms with Crippen molar-refractivity contribution >= 4 is 0 Å². The van der Waals surface area contributed by atoms with Gasteiger partial charge < -0.3 is 14.6 Å². The third-order valence-electron chi connectivity index (χ3n) is 2.42. The van der Waals surface area contributed by atoms with Gasteiger partial charge >= 0.3 is 0 Å². The predicted molar refractivity (Wildman–Crippen MR) is 151 cm³/mol. The van der Waals surface area contributed by atoms with Gasteiger partial charge in [-0.05, 0) is 53.4 Å². The largest absolute Gasteiger partial charge is 0.513 e. The molecule has 0 atom stereocenters. The molecule has 0 fully saturated rings. The van der Waals surface area contributed by atoms with Gasteiger partial charge in [-0.2, -0.15) is 0 Å². The minimum atomic E-state index is 0. The van der Waals surface area contributed by atoms with Crippen LogP contribution in [0.3, 0.4) is 0 Å². The van der Waals surface area contributed by atoms with Gasteiger partial charge in [0, 0.05) is 26.4 Å². The molecule has 0 aliphatic heterocycles.